The Hall–Kier alpha value is -3.90. The highest BCUT2D eigenvalue weighted by Gasteiger charge is 2.62. The van der Waals surface area contributed by atoms with Crippen LogP contribution < -0.4 is 16.0 Å². The predicted molar refractivity (Wildman–Crippen MR) is 149 cm³/mol. The van der Waals surface area contributed by atoms with Crippen molar-refractivity contribution in [3.8, 4) is 0 Å². The van der Waals surface area contributed by atoms with Gasteiger partial charge in [-0.05, 0) is 60.9 Å². The van der Waals surface area contributed by atoms with Crippen LogP contribution in [0.1, 0.15) is 66.6 Å². The zero-order valence-corrected chi connectivity index (χ0v) is 23.9. The number of carbonyl (C=O) groups is 4. The second-order valence-electron chi connectivity index (χ2n) is 12.6. The minimum absolute atomic E-state index is 0.0789. The van der Waals surface area contributed by atoms with Crippen LogP contribution in [0.2, 0.25) is 0 Å². The van der Waals surface area contributed by atoms with E-state index in [1.54, 1.807) is 31.3 Å². The standard InChI is InChI=1S/C30H35F3N6O4/c1-38-22(9-12-35-38)24(40)37-23(18-5-3-2-4-6-18)25(41)36-21-8-7-19-14-29(15-20(19)13-21,26(42)30(31,32)33)39-17-28(10-11-28)16-34-27(39)43/h7-9,12-13,18,23H,2-6,10-11,14-17H2,1H3,(H,34,43)(H,36,41)(H,37,40)/t23-,29?/m0/s1. The molecule has 1 aliphatic heterocycles. The second-order valence-corrected chi connectivity index (χ2v) is 12.6. The Balaban J connectivity index is 1.25. The lowest BCUT2D eigenvalue weighted by molar-refractivity contribution is -0.182. The van der Waals surface area contributed by atoms with E-state index in [1.165, 1.54) is 10.9 Å². The van der Waals surface area contributed by atoms with Gasteiger partial charge in [0.15, 0.2) is 0 Å². The van der Waals surface area contributed by atoms with Crippen LogP contribution >= 0.6 is 0 Å². The molecule has 4 amide bonds. The van der Waals surface area contributed by atoms with Gasteiger partial charge in [0.25, 0.3) is 11.7 Å². The Labute approximate surface area is 246 Å². The first kappa shape index (κ1) is 29.2. The van der Waals surface area contributed by atoms with Crippen molar-refractivity contribution in [2.24, 2.45) is 18.4 Å². The third-order valence-electron chi connectivity index (χ3n) is 9.69. The third kappa shape index (κ3) is 5.49. The minimum atomic E-state index is -5.13. The molecule has 1 unspecified atom stereocenters. The molecule has 2 saturated carbocycles. The number of carbonyl (C=O) groups excluding carboxylic acids is 4. The lowest BCUT2D eigenvalue weighted by Gasteiger charge is -2.45. The summed E-state index contributed by atoms with van der Waals surface area (Å²) in [6.45, 7) is 0.485. The van der Waals surface area contributed by atoms with Gasteiger partial charge in [0, 0.05) is 50.3 Å². The average molecular weight is 601 g/mol. The number of anilines is 1. The van der Waals surface area contributed by atoms with Gasteiger partial charge in [-0.15, -0.1) is 0 Å². The normalized spacial score (nSPS) is 23.8. The molecule has 1 spiro atoms. The van der Waals surface area contributed by atoms with E-state index in [4.69, 9.17) is 0 Å². The summed E-state index contributed by atoms with van der Waals surface area (Å²) in [7, 11) is 1.64. The SMILES string of the molecule is Cn1nccc1C(=O)N[C@H](C(=O)Nc1ccc2c(c1)CC(C(=O)C(F)(F)F)(N1CC3(CC3)CNC1=O)C2)C1CCCCC1. The van der Waals surface area contributed by atoms with Crippen LogP contribution in [0.5, 0.6) is 0 Å². The molecular formula is C30H35F3N6O4. The van der Waals surface area contributed by atoms with E-state index in [2.05, 4.69) is 21.0 Å². The van der Waals surface area contributed by atoms with E-state index < -0.39 is 41.4 Å². The molecule has 230 valence electrons. The number of aryl methyl sites for hydroxylation is 1. The van der Waals surface area contributed by atoms with Crippen molar-refractivity contribution in [1.29, 1.82) is 0 Å². The number of rotatable bonds is 7. The minimum Gasteiger partial charge on any atom is -0.339 e. The van der Waals surface area contributed by atoms with Gasteiger partial charge < -0.3 is 20.9 Å². The number of fused-ring (bicyclic) bond motifs is 1. The summed E-state index contributed by atoms with van der Waals surface area (Å²) >= 11 is 0. The molecule has 1 aromatic heterocycles. The lowest BCUT2D eigenvalue weighted by Crippen LogP contribution is -2.67. The Kier molecular flexibility index (Phi) is 7.24. The van der Waals surface area contributed by atoms with E-state index in [-0.39, 0.29) is 30.7 Å². The zero-order chi connectivity index (χ0) is 30.6. The topological polar surface area (TPSA) is 125 Å². The summed E-state index contributed by atoms with van der Waals surface area (Å²) in [5, 5.41) is 12.5. The number of Topliss-reactive ketones (excluding diaryl/α,β-unsaturated/α-hetero) is 1. The molecule has 3 N–H and O–H groups in total. The van der Waals surface area contributed by atoms with E-state index >= 15 is 0 Å². The molecule has 3 fully saturated rings. The number of ketones is 1. The fraction of sp³-hybridized carbons (Fsp3) is 0.567. The van der Waals surface area contributed by atoms with Crippen molar-refractivity contribution in [3.05, 3.63) is 47.3 Å². The molecular weight excluding hydrogens is 565 g/mol. The van der Waals surface area contributed by atoms with E-state index in [9.17, 15) is 32.3 Å². The quantitative estimate of drug-likeness (QED) is 0.449. The molecule has 0 bridgehead atoms. The summed E-state index contributed by atoms with van der Waals surface area (Å²) in [5.41, 5.74) is -0.749. The molecule has 6 rings (SSSR count). The highest BCUT2D eigenvalue weighted by Crippen LogP contribution is 2.50. The molecule has 4 aliphatic rings. The maximum Gasteiger partial charge on any atom is 0.452 e. The summed E-state index contributed by atoms with van der Waals surface area (Å²) in [5.74, 6) is -2.87. The molecule has 10 nitrogen and oxygen atoms in total. The number of amides is 4. The Morgan fingerprint density at radius 2 is 1.79 bits per heavy atom. The van der Waals surface area contributed by atoms with Crippen molar-refractivity contribution >= 4 is 29.3 Å². The third-order valence-corrected chi connectivity index (χ3v) is 9.69. The van der Waals surface area contributed by atoms with Gasteiger partial charge in [-0.3, -0.25) is 19.1 Å². The fourth-order valence-corrected chi connectivity index (χ4v) is 7.05. The number of urea groups is 1. The number of hydrogen-bond acceptors (Lipinski definition) is 5. The van der Waals surface area contributed by atoms with E-state index in [0.717, 1.165) is 49.8 Å². The van der Waals surface area contributed by atoms with Gasteiger partial charge in [0.2, 0.25) is 5.91 Å². The van der Waals surface area contributed by atoms with Crippen LogP contribution in [-0.4, -0.2) is 69.2 Å². The van der Waals surface area contributed by atoms with Gasteiger partial charge >= 0.3 is 12.2 Å². The van der Waals surface area contributed by atoms with Crippen LogP contribution in [0.25, 0.3) is 0 Å². The van der Waals surface area contributed by atoms with Crippen molar-refractivity contribution in [1.82, 2.24) is 25.3 Å². The highest BCUT2D eigenvalue weighted by atomic mass is 19.4. The van der Waals surface area contributed by atoms with Crippen LogP contribution in [0.3, 0.4) is 0 Å². The van der Waals surface area contributed by atoms with E-state index in [1.807, 2.05) is 0 Å². The molecule has 2 heterocycles. The Morgan fingerprint density at radius 3 is 2.44 bits per heavy atom. The number of alkyl halides is 3. The van der Waals surface area contributed by atoms with Gasteiger partial charge in [-0.1, -0.05) is 25.3 Å². The lowest BCUT2D eigenvalue weighted by atomic mass is 9.83. The number of aromatic nitrogens is 2. The van der Waals surface area contributed by atoms with Crippen molar-refractivity contribution in [2.45, 2.75) is 75.5 Å². The largest absolute Gasteiger partial charge is 0.452 e. The van der Waals surface area contributed by atoms with Crippen LogP contribution in [-0.2, 0) is 29.5 Å². The highest BCUT2D eigenvalue weighted by molar-refractivity contribution is 6.01. The van der Waals surface area contributed by atoms with Crippen LogP contribution in [0.4, 0.5) is 23.7 Å². The number of nitrogens with zero attached hydrogens (tertiary/aromatic N) is 3. The molecule has 1 saturated heterocycles. The molecule has 2 aromatic rings. The first-order valence-electron chi connectivity index (χ1n) is 14.8. The average Bonchev–Trinajstić information content (AvgIpc) is 3.39. The summed E-state index contributed by atoms with van der Waals surface area (Å²) < 4.78 is 43.4. The summed E-state index contributed by atoms with van der Waals surface area (Å²) in [6.07, 6.45) is 1.84. The number of nitrogens with one attached hydrogen (secondary N) is 3. The molecule has 1 aromatic carbocycles. The Bertz CT molecular complexity index is 1460. The molecule has 13 heteroatoms. The maximum absolute atomic E-state index is 14.0. The van der Waals surface area contributed by atoms with Crippen LogP contribution in [0.15, 0.2) is 30.5 Å². The number of halogens is 3. The second kappa shape index (κ2) is 10.7. The summed E-state index contributed by atoms with van der Waals surface area (Å²) in [4.78, 5) is 53.7. The van der Waals surface area contributed by atoms with Gasteiger partial charge in [-0.2, -0.15) is 18.3 Å². The molecule has 43 heavy (non-hydrogen) atoms. The van der Waals surface area contributed by atoms with E-state index in [0.29, 0.717) is 29.1 Å². The van der Waals surface area contributed by atoms with Gasteiger partial charge in [0.1, 0.15) is 17.3 Å². The predicted octanol–water partition coefficient (Wildman–Crippen LogP) is 3.51. The smallest absolute Gasteiger partial charge is 0.339 e. The number of hydrogen-bond donors (Lipinski definition) is 3. The molecule has 2 atom stereocenters. The fourth-order valence-electron chi connectivity index (χ4n) is 7.05. The zero-order valence-electron chi connectivity index (χ0n) is 23.9. The maximum atomic E-state index is 14.0. The Morgan fingerprint density at radius 1 is 1.07 bits per heavy atom. The van der Waals surface area contributed by atoms with Gasteiger partial charge in [0.05, 0.1) is 0 Å². The van der Waals surface area contributed by atoms with Crippen molar-refractivity contribution in [3.63, 3.8) is 0 Å². The first-order chi connectivity index (χ1) is 20.4. The first-order valence-corrected chi connectivity index (χ1v) is 14.8. The summed E-state index contributed by atoms with van der Waals surface area (Å²) in [6, 6.07) is 4.84. The van der Waals surface area contributed by atoms with Crippen LogP contribution in [0, 0.1) is 11.3 Å². The van der Waals surface area contributed by atoms with Crippen molar-refractivity contribution in [2.75, 3.05) is 18.4 Å². The van der Waals surface area contributed by atoms with Gasteiger partial charge in [-0.25, -0.2) is 4.79 Å². The van der Waals surface area contributed by atoms with Crippen molar-refractivity contribution < 1.29 is 32.3 Å². The molecule has 3 aliphatic carbocycles. The molecule has 0 radical (unpaired) electrons. The number of benzene rings is 1. The monoisotopic (exact) mass is 600 g/mol.